The summed E-state index contributed by atoms with van der Waals surface area (Å²) in [5, 5.41) is 19.2. The number of carboxylic acid groups (broad SMARTS) is 1. The van der Waals surface area contributed by atoms with Gasteiger partial charge in [-0.1, -0.05) is 24.9 Å². The largest absolute Gasteiger partial charge is 0.464 e. The van der Waals surface area contributed by atoms with Gasteiger partial charge in [-0.05, 0) is 12.5 Å². The van der Waals surface area contributed by atoms with Crippen molar-refractivity contribution < 1.29 is 28.7 Å². The topological polar surface area (TPSA) is 110 Å². The summed E-state index contributed by atoms with van der Waals surface area (Å²) in [6.45, 7) is 1.73. The number of carbonyl (C=O) groups is 2. The van der Waals surface area contributed by atoms with Gasteiger partial charge in [0.1, 0.15) is 10.8 Å². The molecule has 1 aromatic carbocycles. The van der Waals surface area contributed by atoms with E-state index in [9.17, 15) is 24.1 Å². The third kappa shape index (κ3) is 3.82. The number of nitrogens with zero attached hydrogens (tertiary/aromatic N) is 2. The minimum Gasteiger partial charge on any atom is -0.464 e. The number of imide groups is 1. The Bertz CT molecular complexity index is 610. The van der Waals surface area contributed by atoms with E-state index in [-0.39, 0.29) is 11.5 Å². The van der Waals surface area contributed by atoms with Crippen LogP contribution in [0.25, 0.3) is 0 Å². The maximum absolute atomic E-state index is 13.5. The lowest BCUT2D eigenvalue weighted by Gasteiger charge is -2.18. The summed E-state index contributed by atoms with van der Waals surface area (Å²) in [7, 11) is 0. The van der Waals surface area contributed by atoms with Crippen LogP contribution in [0.1, 0.15) is 19.8 Å². The van der Waals surface area contributed by atoms with Crippen LogP contribution in [0.15, 0.2) is 12.1 Å². The number of ether oxygens (including phenoxy) is 1. The Morgan fingerprint density at radius 1 is 1.50 bits per heavy atom. The van der Waals surface area contributed by atoms with Crippen molar-refractivity contribution in [1.82, 2.24) is 0 Å². The number of halogens is 2. The maximum atomic E-state index is 13.5. The molecule has 0 bridgehead atoms. The molecule has 1 rings (SSSR count). The summed E-state index contributed by atoms with van der Waals surface area (Å²) in [6, 6.07) is 1.41. The van der Waals surface area contributed by atoms with E-state index in [1.54, 1.807) is 0 Å². The molecule has 22 heavy (non-hydrogen) atoms. The number of anilines is 1. The lowest BCUT2D eigenvalue weighted by atomic mass is 10.2. The summed E-state index contributed by atoms with van der Waals surface area (Å²) in [4.78, 5) is 32.9. The van der Waals surface area contributed by atoms with Crippen molar-refractivity contribution in [2.45, 2.75) is 19.8 Å². The smallest absolute Gasteiger partial charge is 0.424 e. The van der Waals surface area contributed by atoms with E-state index in [4.69, 9.17) is 21.4 Å². The molecule has 10 heteroatoms. The molecular weight excluding hydrogens is 323 g/mol. The molecule has 0 aliphatic carbocycles. The molecule has 0 atom stereocenters. The number of unbranched alkanes of at least 4 members (excludes halogenated alkanes) is 1. The highest BCUT2D eigenvalue weighted by Gasteiger charge is 2.34. The van der Waals surface area contributed by atoms with Crippen molar-refractivity contribution in [2.24, 2.45) is 0 Å². The van der Waals surface area contributed by atoms with E-state index in [1.807, 2.05) is 6.92 Å². The molecular formula is C12H12ClFN2O6. The number of nitro groups is 1. The van der Waals surface area contributed by atoms with Crippen LogP contribution in [0.5, 0.6) is 0 Å². The standard InChI is InChI=1S/C12H12ClFN2O6/c1-2-3-6-22-12(19)15(11(17)18)10-8(16(20)21)5-4-7(14)9(10)13/h4-5H,2-3,6H2,1H3,(H,17,18). The molecule has 1 N–H and O–H groups in total. The van der Waals surface area contributed by atoms with Crippen LogP contribution in [0.4, 0.5) is 25.4 Å². The lowest BCUT2D eigenvalue weighted by molar-refractivity contribution is -0.384. The Balaban J connectivity index is 3.32. The number of carbonyl (C=O) groups excluding carboxylic acids is 1. The third-order valence-electron chi connectivity index (χ3n) is 2.57. The van der Waals surface area contributed by atoms with Gasteiger partial charge in [0.15, 0.2) is 5.69 Å². The number of hydrogen-bond donors (Lipinski definition) is 1. The molecule has 0 spiro atoms. The molecule has 0 fully saturated rings. The highest BCUT2D eigenvalue weighted by atomic mass is 35.5. The minimum absolute atomic E-state index is 0.0835. The van der Waals surface area contributed by atoms with E-state index in [1.165, 1.54) is 0 Å². The summed E-state index contributed by atoms with van der Waals surface area (Å²) >= 11 is 5.59. The van der Waals surface area contributed by atoms with Gasteiger partial charge in [0.25, 0.3) is 5.69 Å². The van der Waals surface area contributed by atoms with Gasteiger partial charge in [0.2, 0.25) is 0 Å². The van der Waals surface area contributed by atoms with Crippen LogP contribution in [-0.4, -0.2) is 28.8 Å². The average Bonchev–Trinajstić information content (AvgIpc) is 2.43. The predicted octanol–water partition coefficient (Wildman–Crippen LogP) is 3.81. The number of amides is 2. The molecule has 2 amide bonds. The summed E-state index contributed by atoms with van der Waals surface area (Å²) < 4.78 is 18.2. The molecule has 8 nitrogen and oxygen atoms in total. The van der Waals surface area contributed by atoms with Gasteiger partial charge in [-0.3, -0.25) is 10.1 Å². The van der Waals surface area contributed by atoms with Crippen LogP contribution in [0.2, 0.25) is 5.02 Å². The second-order valence-corrected chi connectivity index (χ2v) is 4.45. The van der Waals surface area contributed by atoms with E-state index < -0.39 is 39.3 Å². The second kappa shape index (κ2) is 7.55. The molecule has 0 aromatic heterocycles. The van der Waals surface area contributed by atoms with Crippen molar-refractivity contribution in [3.8, 4) is 0 Å². The highest BCUT2D eigenvalue weighted by molar-refractivity contribution is 6.35. The average molecular weight is 335 g/mol. The molecule has 0 radical (unpaired) electrons. The van der Waals surface area contributed by atoms with Crippen LogP contribution in [-0.2, 0) is 4.74 Å². The first-order valence-electron chi connectivity index (χ1n) is 6.13. The second-order valence-electron chi connectivity index (χ2n) is 4.07. The molecule has 0 aliphatic rings. The first-order chi connectivity index (χ1) is 10.3. The van der Waals surface area contributed by atoms with Gasteiger partial charge in [-0.25, -0.2) is 14.0 Å². The predicted molar refractivity (Wildman–Crippen MR) is 74.8 cm³/mol. The maximum Gasteiger partial charge on any atom is 0.424 e. The fourth-order valence-electron chi connectivity index (χ4n) is 1.52. The zero-order valence-corrected chi connectivity index (χ0v) is 12.2. The lowest BCUT2D eigenvalue weighted by Crippen LogP contribution is -2.37. The van der Waals surface area contributed by atoms with Crippen molar-refractivity contribution in [1.29, 1.82) is 0 Å². The summed E-state index contributed by atoms with van der Waals surface area (Å²) in [6.07, 6.45) is -2.12. The number of rotatable bonds is 5. The number of nitro benzene ring substituents is 1. The van der Waals surface area contributed by atoms with Crippen molar-refractivity contribution in [2.75, 3.05) is 11.5 Å². The zero-order valence-electron chi connectivity index (χ0n) is 11.4. The summed E-state index contributed by atoms with van der Waals surface area (Å²) in [5.41, 5.74) is -1.72. The monoisotopic (exact) mass is 334 g/mol. The Morgan fingerprint density at radius 2 is 2.14 bits per heavy atom. The Kier molecular flexibility index (Phi) is 6.05. The Hall–Kier alpha value is -2.42. The zero-order chi connectivity index (χ0) is 16.9. The summed E-state index contributed by atoms with van der Waals surface area (Å²) in [5.74, 6) is -1.10. The molecule has 0 heterocycles. The van der Waals surface area contributed by atoms with Gasteiger partial charge < -0.3 is 9.84 Å². The van der Waals surface area contributed by atoms with Crippen molar-refractivity contribution in [3.05, 3.63) is 33.1 Å². The van der Waals surface area contributed by atoms with E-state index >= 15 is 0 Å². The molecule has 0 aliphatic heterocycles. The first kappa shape index (κ1) is 17.6. The van der Waals surface area contributed by atoms with Crippen molar-refractivity contribution >= 4 is 35.2 Å². The van der Waals surface area contributed by atoms with E-state index in [0.29, 0.717) is 25.0 Å². The fraction of sp³-hybridized carbons (Fsp3) is 0.333. The number of hydrogen-bond acceptors (Lipinski definition) is 5. The SMILES string of the molecule is CCCCOC(=O)N(C(=O)O)c1c([N+](=O)[O-])ccc(F)c1Cl. The Labute approximate surface area is 129 Å². The number of benzene rings is 1. The van der Waals surface area contributed by atoms with E-state index in [2.05, 4.69) is 0 Å². The Morgan fingerprint density at radius 3 is 2.64 bits per heavy atom. The molecule has 120 valence electrons. The highest BCUT2D eigenvalue weighted by Crippen LogP contribution is 2.37. The van der Waals surface area contributed by atoms with Gasteiger partial charge in [0, 0.05) is 6.07 Å². The van der Waals surface area contributed by atoms with Gasteiger partial charge in [0.05, 0.1) is 11.5 Å². The normalized spacial score (nSPS) is 10.1. The van der Waals surface area contributed by atoms with Crippen LogP contribution in [0.3, 0.4) is 0 Å². The van der Waals surface area contributed by atoms with Crippen LogP contribution in [0, 0.1) is 15.9 Å². The van der Waals surface area contributed by atoms with Crippen LogP contribution < -0.4 is 4.90 Å². The first-order valence-corrected chi connectivity index (χ1v) is 6.51. The van der Waals surface area contributed by atoms with Crippen molar-refractivity contribution in [3.63, 3.8) is 0 Å². The molecule has 0 saturated carbocycles. The third-order valence-corrected chi connectivity index (χ3v) is 2.92. The van der Waals surface area contributed by atoms with Crippen LogP contribution >= 0.6 is 11.6 Å². The fourth-order valence-corrected chi connectivity index (χ4v) is 1.77. The van der Waals surface area contributed by atoms with Gasteiger partial charge in [-0.2, -0.15) is 4.90 Å². The van der Waals surface area contributed by atoms with E-state index in [0.717, 1.165) is 0 Å². The molecule has 0 saturated heterocycles. The van der Waals surface area contributed by atoms with Gasteiger partial charge in [-0.15, -0.1) is 0 Å². The quantitative estimate of drug-likeness (QED) is 0.498. The molecule has 0 unspecified atom stereocenters. The minimum atomic E-state index is -1.88. The molecule has 1 aromatic rings. The van der Waals surface area contributed by atoms with Gasteiger partial charge >= 0.3 is 12.2 Å².